The van der Waals surface area contributed by atoms with E-state index in [-0.39, 0.29) is 24.4 Å². The molecule has 3 N–H and O–H groups in total. The van der Waals surface area contributed by atoms with Gasteiger partial charge in [0.05, 0.1) is 36.8 Å². The highest BCUT2D eigenvalue weighted by Gasteiger charge is 2.35. The van der Waals surface area contributed by atoms with Gasteiger partial charge in [-0.25, -0.2) is 0 Å². The lowest BCUT2D eigenvalue weighted by Gasteiger charge is -2.14. The Bertz CT molecular complexity index is 1580. The fourth-order valence-electron chi connectivity index (χ4n) is 6.01. The second-order valence-corrected chi connectivity index (χ2v) is 10.4. The van der Waals surface area contributed by atoms with Crippen LogP contribution in [0.4, 0.5) is 0 Å². The second-order valence-electron chi connectivity index (χ2n) is 10.4. The van der Waals surface area contributed by atoms with Crippen molar-refractivity contribution in [1.82, 2.24) is 9.88 Å². The molecule has 3 aromatic carbocycles. The van der Waals surface area contributed by atoms with E-state index in [4.69, 9.17) is 15.2 Å². The third kappa shape index (κ3) is 4.06. The maximum Gasteiger partial charge on any atom is 0.307 e. The Morgan fingerprint density at radius 1 is 1.13 bits per heavy atom. The van der Waals surface area contributed by atoms with Crippen LogP contribution < -0.4 is 11.1 Å². The molecule has 1 aliphatic heterocycles. The number of hydrogen-bond acceptors (Lipinski definition) is 5. The molecule has 38 heavy (non-hydrogen) atoms. The van der Waals surface area contributed by atoms with Crippen LogP contribution in [-0.4, -0.2) is 35.7 Å². The maximum atomic E-state index is 13.2. The van der Waals surface area contributed by atoms with Crippen molar-refractivity contribution in [2.24, 2.45) is 5.73 Å². The van der Waals surface area contributed by atoms with Crippen LogP contribution in [0.15, 0.2) is 42.5 Å². The fraction of sp³-hybridized carbons (Fsp3) is 0.355. The van der Waals surface area contributed by atoms with Crippen molar-refractivity contribution < 1.29 is 19.1 Å². The van der Waals surface area contributed by atoms with Crippen molar-refractivity contribution in [3.05, 3.63) is 70.3 Å². The quantitative estimate of drug-likeness (QED) is 0.219. The van der Waals surface area contributed by atoms with E-state index in [1.165, 1.54) is 16.6 Å². The van der Waals surface area contributed by atoms with E-state index in [0.717, 1.165) is 50.5 Å². The van der Waals surface area contributed by atoms with Gasteiger partial charge in [0.2, 0.25) is 0 Å². The zero-order chi connectivity index (χ0) is 26.4. The van der Waals surface area contributed by atoms with Crippen LogP contribution in [0.2, 0.25) is 0 Å². The minimum absolute atomic E-state index is 0.00173. The van der Waals surface area contributed by atoms with E-state index in [2.05, 4.69) is 46.3 Å². The molecule has 7 nitrogen and oxygen atoms in total. The Hall–Kier alpha value is -3.68. The van der Waals surface area contributed by atoms with Crippen LogP contribution in [0.3, 0.4) is 0 Å². The summed E-state index contributed by atoms with van der Waals surface area (Å²) in [5.41, 5.74) is 15.4. The second kappa shape index (κ2) is 9.89. The minimum Gasteiger partial charge on any atom is -0.466 e. The fourth-order valence-corrected chi connectivity index (χ4v) is 6.01. The predicted molar refractivity (Wildman–Crippen MR) is 148 cm³/mol. The van der Waals surface area contributed by atoms with E-state index in [1.54, 1.807) is 0 Å². The first-order valence-electron chi connectivity index (χ1n) is 13.4. The summed E-state index contributed by atoms with van der Waals surface area (Å²) in [6.45, 7) is 6.45. The molecule has 4 aromatic rings. The Labute approximate surface area is 221 Å². The molecule has 0 saturated carbocycles. The van der Waals surface area contributed by atoms with E-state index in [1.807, 2.05) is 19.9 Å². The van der Waals surface area contributed by atoms with Gasteiger partial charge in [0.25, 0.3) is 5.91 Å². The van der Waals surface area contributed by atoms with Gasteiger partial charge in [0, 0.05) is 47.9 Å². The van der Waals surface area contributed by atoms with Gasteiger partial charge >= 0.3 is 5.97 Å². The summed E-state index contributed by atoms with van der Waals surface area (Å²) in [7, 11) is 0. The number of rotatable bonds is 9. The summed E-state index contributed by atoms with van der Waals surface area (Å²) in [5, 5.41) is 5.38. The van der Waals surface area contributed by atoms with Crippen LogP contribution >= 0.6 is 0 Å². The number of nitrogens with zero attached hydrogens (tertiary/aromatic N) is 1. The number of nitrogens with one attached hydrogen (secondary N) is 1. The number of ether oxygens (including phenoxy) is 2. The monoisotopic (exact) mass is 511 g/mol. The van der Waals surface area contributed by atoms with Crippen LogP contribution in [0.25, 0.3) is 32.9 Å². The van der Waals surface area contributed by atoms with E-state index in [0.29, 0.717) is 39.3 Å². The number of fused-ring (bicyclic) bond motifs is 10. The van der Waals surface area contributed by atoms with Gasteiger partial charge in [-0.2, -0.15) is 0 Å². The summed E-state index contributed by atoms with van der Waals surface area (Å²) in [4.78, 5) is 25.1. The average Bonchev–Trinajstić information content (AvgIpc) is 3.57. The zero-order valence-electron chi connectivity index (χ0n) is 21.9. The van der Waals surface area contributed by atoms with Crippen molar-refractivity contribution in [3.63, 3.8) is 0 Å². The minimum atomic E-state index is -0.261. The third-order valence-electron chi connectivity index (χ3n) is 7.60. The topological polar surface area (TPSA) is 95.6 Å². The molecule has 2 heterocycles. The molecule has 0 unspecified atom stereocenters. The van der Waals surface area contributed by atoms with Gasteiger partial charge in [-0.3, -0.25) is 9.59 Å². The molecular weight excluding hydrogens is 478 g/mol. The third-order valence-corrected chi connectivity index (χ3v) is 7.60. The standard InChI is InChI=1S/C31H33N3O4/c1-18(2)38-17-19-8-9-25-22(14-19)28-24-16-33-31(36)29(24)27-21-7-4-3-6-20(21)15-23(27)30(28)34(25)12-5-13-37-26(35)10-11-32/h3-4,6-9,14,18H,5,10-13,15-17,32H2,1-2H3,(H,33,36). The molecule has 1 amide bonds. The summed E-state index contributed by atoms with van der Waals surface area (Å²) in [6, 6.07) is 14.9. The zero-order valence-corrected chi connectivity index (χ0v) is 21.9. The van der Waals surface area contributed by atoms with E-state index in [9.17, 15) is 9.59 Å². The maximum absolute atomic E-state index is 13.2. The molecule has 0 spiro atoms. The molecule has 0 radical (unpaired) electrons. The van der Waals surface area contributed by atoms with Gasteiger partial charge in [-0.1, -0.05) is 30.3 Å². The van der Waals surface area contributed by atoms with Crippen LogP contribution in [0.1, 0.15) is 59.3 Å². The SMILES string of the molecule is CC(C)OCc1ccc2c(c1)c1c3c(c4c(c1n2CCCOC(=O)CCN)Cc1ccccc1-4)C(=O)NC3. The highest BCUT2D eigenvalue weighted by atomic mass is 16.5. The average molecular weight is 512 g/mol. The number of benzene rings is 3. The van der Waals surface area contributed by atoms with Crippen LogP contribution in [0, 0.1) is 0 Å². The number of hydrogen-bond donors (Lipinski definition) is 2. The lowest BCUT2D eigenvalue weighted by atomic mass is 9.92. The largest absolute Gasteiger partial charge is 0.466 e. The van der Waals surface area contributed by atoms with E-state index >= 15 is 0 Å². The molecule has 7 heteroatoms. The first kappa shape index (κ1) is 24.6. The summed E-state index contributed by atoms with van der Waals surface area (Å²) < 4.78 is 13.7. The molecule has 1 aromatic heterocycles. The van der Waals surface area contributed by atoms with Crippen LogP contribution in [0.5, 0.6) is 0 Å². The molecular formula is C31H33N3O4. The summed E-state index contributed by atoms with van der Waals surface area (Å²) >= 11 is 0. The highest BCUT2D eigenvalue weighted by molar-refractivity contribution is 6.20. The van der Waals surface area contributed by atoms with E-state index < -0.39 is 0 Å². The lowest BCUT2D eigenvalue weighted by Crippen LogP contribution is -2.13. The molecule has 0 bridgehead atoms. The van der Waals surface area contributed by atoms with Gasteiger partial charge in [-0.15, -0.1) is 0 Å². The van der Waals surface area contributed by atoms with Gasteiger partial charge < -0.3 is 25.1 Å². The Kier molecular flexibility index (Phi) is 6.41. The number of carbonyl (C=O) groups excluding carboxylic acids is 2. The lowest BCUT2D eigenvalue weighted by molar-refractivity contribution is -0.143. The number of aryl methyl sites for hydroxylation is 1. The molecule has 0 fully saturated rings. The first-order chi connectivity index (χ1) is 18.5. The molecule has 2 aliphatic rings. The smallest absolute Gasteiger partial charge is 0.307 e. The molecule has 0 saturated heterocycles. The predicted octanol–water partition coefficient (Wildman–Crippen LogP) is 4.82. The first-order valence-corrected chi connectivity index (χ1v) is 13.4. The molecule has 0 atom stereocenters. The summed E-state index contributed by atoms with van der Waals surface area (Å²) in [5.74, 6) is -0.259. The highest BCUT2D eigenvalue weighted by Crippen LogP contribution is 2.48. The Balaban J connectivity index is 1.54. The van der Waals surface area contributed by atoms with Gasteiger partial charge in [0.1, 0.15) is 0 Å². The summed E-state index contributed by atoms with van der Waals surface area (Å²) in [6.07, 6.45) is 1.84. The van der Waals surface area contributed by atoms with Crippen molar-refractivity contribution in [2.75, 3.05) is 13.2 Å². The number of aromatic nitrogens is 1. The van der Waals surface area contributed by atoms with Crippen molar-refractivity contribution >= 4 is 33.7 Å². The number of carbonyl (C=O) groups is 2. The number of esters is 1. The number of nitrogens with two attached hydrogens (primary N) is 1. The van der Waals surface area contributed by atoms with Crippen molar-refractivity contribution in [2.45, 2.75) is 58.9 Å². The molecule has 196 valence electrons. The number of amides is 1. The van der Waals surface area contributed by atoms with Crippen molar-refractivity contribution in [1.29, 1.82) is 0 Å². The van der Waals surface area contributed by atoms with Crippen LogP contribution in [-0.2, 0) is 40.4 Å². The van der Waals surface area contributed by atoms with Crippen molar-refractivity contribution in [3.8, 4) is 11.1 Å². The normalized spacial score (nSPS) is 13.7. The Morgan fingerprint density at radius 2 is 1.97 bits per heavy atom. The molecule has 1 aliphatic carbocycles. The molecule has 6 rings (SSSR count). The van der Waals surface area contributed by atoms with Gasteiger partial charge in [-0.05, 0) is 60.2 Å². The Morgan fingerprint density at radius 3 is 2.79 bits per heavy atom. The van der Waals surface area contributed by atoms with Gasteiger partial charge in [0.15, 0.2) is 0 Å².